The Balaban J connectivity index is 2.15. The number of nitrogens with one attached hydrogen (secondary N) is 1. The molecule has 2 rings (SSSR count). The summed E-state index contributed by atoms with van der Waals surface area (Å²) in [6.45, 7) is 3.20. The molecule has 124 valence electrons. The van der Waals surface area contributed by atoms with E-state index in [1.807, 2.05) is 12.1 Å². The van der Waals surface area contributed by atoms with Crippen LogP contribution in [0.15, 0.2) is 24.3 Å². The second-order valence-corrected chi connectivity index (χ2v) is 7.95. The number of hydrogen-bond donors (Lipinski definition) is 1. The molecule has 0 aromatic heterocycles. The van der Waals surface area contributed by atoms with Crippen LogP contribution in [-0.2, 0) is 10.0 Å². The Labute approximate surface area is 133 Å². The summed E-state index contributed by atoms with van der Waals surface area (Å²) in [5, 5.41) is 0. The first-order valence-corrected chi connectivity index (χ1v) is 9.43. The molecule has 0 saturated carbocycles. The van der Waals surface area contributed by atoms with Gasteiger partial charge >= 0.3 is 0 Å². The number of ether oxygens (including phenoxy) is 1. The number of sulfonamides is 1. The standard InChI is InChI=1S/C16H26N2O3S/c1-4-22(19,20)17-12-14-6-5-11-18(2)16(14)13-7-9-15(21-3)10-8-13/h7-10,14,16-17H,4-6,11-12H2,1-3H3. The van der Waals surface area contributed by atoms with Gasteiger partial charge in [-0.25, -0.2) is 13.1 Å². The number of benzene rings is 1. The summed E-state index contributed by atoms with van der Waals surface area (Å²) in [7, 11) is 0.622. The zero-order valence-electron chi connectivity index (χ0n) is 13.6. The van der Waals surface area contributed by atoms with Gasteiger partial charge < -0.3 is 4.74 Å². The fraction of sp³-hybridized carbons (Fsp3) is 0.625. The third-order valence-electron chi connectivity index (χ3n) is 4.41. The van der Waals surface area contributed by atoms with Gasteiger partial charge in [0.1, 0.15) is 5.75 Å². The summed E-state index contributed by atoms with van der Waals surface area (Å²) in [4.78, 5) is 2.32. The molecule has 0 bridgehead atoms. The Morgan fingerprint density at radius 2 is 2.00 bits per heavy atom. The van der Waals surface area contributed by atoms with Crippen LogP contribution in [0.25, 0.3) is 0 Å². The van der Waals surface area contributed by atoms with Gasteiger partial charge in [0.05, 0.1) is 12.9 Å². The van der Waals surface area contributed by atoms with Gasteiger partial charge in [0.2, 0.25) is 10.0 Å². The lowest BCUT2D eigenvalue weighted by atomic mass is 9.85. The van der Waals surface area contributed by atoms with Crippen molar-refractivity contribution in [1.82, 2.24) is 9.62 Å². The van der Waals surface area contributed by atoms with Crippen LogP contribution in [0.1, 0.15) is 31.4 Å². The van der Waals surface area contributed by atoms with Crippen LogP contribution < -0.4 is 9.46 Å². The smallest absolute Gasteiger partial charge is 0.211 e. The third-order valence-corrected chi connectivity index (χ3v) is 5.78. The first kappa shape index (κ1) is 17.2. The Bertz CT molecular complexity index is 572. The summed E-state index contributed by atoms with van der Waals surface area (Å²) < 4.78 is 31.4. The molecule has 0 aliphatic carbocycles. The van der Waals surface area contributed by atoms with E-state index in [9.17, 15) is 8.42 Å². The molecule has 1 aliphatic rings. The van der Waals surface area contributed by atoms with Crippen molar-refractivity contribution in [3.8, 4) is 5.75 Å². The minimum Gasteiger partial charge on any atom is -0.497 e. The van der Waals surface area contributed by atoms with Crippen LogP contribution in [0.4, 0.5) is 0 Å². The molecule has 2 atom stereocenters. The highest BCUT2D eigenvalue weighted by Crippen LogP contribution is 2.35. The maximum Gasteiger partial charge on any atom is 0.211 e. The molecule has 1 N–H and O–H groups in total. The SMILES string of the molecule is CCS(=O)(=O)NCC1CCCN(C)C1c1ccc(OC)cc1. The van der Waals surface area contributed by atoms with E-state index in [0.29, 0.717) is 6.54 Å². The van der Waals surface area contributed by atoms with Gasteiger partial charge in [-0.1, -0.05) is 12.1 Å². The maximum atomic E-state index is 11.7. The molecule has 0 radical (unpaired) electrons. The number of nitrogens with zero attached hydrogens (tertiary/aromatic N) is 1. The van der Waals surface area contributed by atoms with Crippen LogP contribution in [0, 0.1) is 5.92 Å². The van der Waals surface area contributed by atoms with Gasteiger partial charge in [-0.3, -0.25) is 4.90 Å². The van der Waals surface area contributed by atoms with Crippen LogP contribution >= 0.6 is 0 Å². The van der Waals surface area contributed by atoms with Gasteiger partial charge in [0.25, 0.3) is 0 Å². The topological polar surface area (TPSA) is 58.6 Å². The van der Waals surface area contributed by atoms with Crippen molar-refractivity contribution in [2.24, 2.45) is 5.92 Å². The monoisotopic (exact) mass is 326 g/mol. The summed E-state index contributed by atoms with van der Waals surface area (Å²) in [6, 6.07) is 8.31. The minimum absolute atomic E-state index is 0.128. The van der Waals surface area contributed by atoms with Crippen molar-refractivity contribution in [3.05, 3.63) is 29.8 Å². The summed E-state index contributed by atoms with van der Waals surface area (Å²) >= 11 is 0. The molecule has 0 spiro atoms. The van der Waals surface area contributed by atoms with Crippen LogP contribution in [-0.4, -0.2) is 46.3 Å². The van der Waals surface area contributed by atoms with E-state index < -0.39 is 10.0 Å². The van der Waals surface area contributed by atoms with E-state index in [2.05, 4.69) is 28.8 Å². The van der Waals surface area contributed by atoms with Crippen LogP contribution in [0.2, 0.25) is 0 Å². The van der Waals surface area contributed by atoms with Gasteiger partial charge in [-0.05, 0) is 57.0 Å². The number of hydrogen-bond acceptors (Lipinski definition) is 4. The largest absolute Gasteiger partial charge is 0.497 e. The molecule has 1 aliphatic heterocycles. The first-order valence-electron chi connectivity index (χ1n) is 7.78. The molecule has 1 aromatic carbocycles. The highest BCUT2D eigenvalue weighted by molar-refractivity contribution is 7.89. The molecule has 22 heavy (non-hydrogen) atoms. The second-order valence-electron chi connectivity index (χ2n) is 5.85. The summed E-state index contributed by atoms with van der Waals surface area (Å²) in [5.41, 5.74) is 1.21. The van der Waals surface area contributed by atoms with Crippen LogP contribution in [0.3, 0.4) is 0 Å². The highest BCUT2D eigenvalue weighted by atomic mass is 32.2. The lowest BCUT2D eigenvalue weighted by Crippen LogP contribution is -2.42. The van der Waals surface area contributed by atoms with E-state index in [-0.39, 0.29) is 17.7 Å². The van der Waals surface area contributed by atoms with Crippen molar-refractivity contribution in [2.75, 3.05) is 33.0 Å². The maximum absolute atomic E-state index is 11.7. The molecular weight excluding hydrogens is 300 g/mol. The number of likely N-dealkylation sites (tertiary alicyclic amines) is 1. The quantitative estimate of drug-likeness (QED) is 0.869. The van der Waals surface area contributed by atoms with Crippen molar-refractivity contribution in [2.45, 2.75) is 25.8 Å². The molecular formula is C16H26N2O3S. The van der Waals surface area contributed by atoms with E-state index in [4.69, 9.17) is 4.74 Å². The lowest BCUT2D eigenvalue weighted by Gasteiger charge is -2.39. The molecule has 0 amide bonds. The minimum atomic E-state index is -3.14. The Hall–Kier alpha value is -1.11. The predicted octanol–water partition coefficient (Wildman–Crippen LogP) is 2.02. The molecule has 2 unspecified atom stereocenters. The van der Waals surface area contributed by atoms with Crippen molar-refractivity contribution in [1.29, 1.82) is 0 Å². The average molecular weight is 326 g/mol. The normalized spacial score (nSPS) is 23.4. The van der Waals surface area contributed by atoms with Crippen molar-refractivity contribution >= 4 is 10.0 Å². The zero-order chi connectivity index (χ0) is 16.2. The van der Waals surface area contributed by atoms with Crippen LogP contribution in [0.5, 0.6) is 5.75 Å². The van der Waals surface area contributed by atoms with Gasteiger partial charge in [-0.15, -0.1) is 0 Å². The van der Waals surface area contributed by atoms with Gasteiger partial charge in [0, 0.05) is 12.6 Å². The zero-order valence-corrected chi connectivity index (χ0v) is 14.4. The Morgan fingerprint density at radius 1 is 1.32 bits per heavy atom. The summed E-state index contributed by atoms with van der Waals surface area (Å²) in [5.74, 6) is 1.25. The van der Waals surface area contributed by atoms with E-state index in [1.165, 1.54) is 5.56 Å². The average Bonchev–Trinajstić information content (AvgIpc) is 2.53. The fourth-order valence-corrected chi connectivity index (χ4v) is 3.81. The van der Waals surface area contributed by atoms with Crippen molar-refractivity contribution in [3.63, 3.8) is 0 Å². The van der Waals surface area contributed by atoms with Crippen molar-refractivity contribution < 1.29 is 13.2 Å². The Kier molecular flexibility index (Phi) is 5.83. The lowest BCUT2D eigenvalue weighted by molar-refractivity contribution is 0.123. The fourth-order valence-electron chi connectivity index (χ4n) is 3.14. The van der Waals surface area contributed by atoms with Gasteiger partial charge in [0.15, 0.2) is 0 Å². The first-order chi connectivity index (χ1) is 10.5. The Morgan fingerprint density at radius 3 is 2.59 bits per heavy atom. The summed E-state index contributed by atoms with van der Waals surface area (Å²) in [6.07, 6.45) is 2.13. The van der Waals surface area contributed by atoms with E-state index in [1.54, 1.807) is 14.0 Å². The number of piperidine rings is 1. The molecule has 1 saturated heterocycles. The molecule has 1 aromatic rings. The second kappa shape index (κ2) is 7.44. The number of methoxy groups -OCH3 is 1. The molecule has 1 fully saturated rings. The third kappa shape index (κ3) is 4.21. The highest BCUT2D eigenvalue weighted by Gasteiger charge is 2.31. The van der Waals surface area contributed by atoms with Gasteiger partial charge in [-0.2, -0.15) is 0 Å². The van der Waals surface area contributed by atoms with E-state index in [0.717, 1.165) is 25.1 Å². The van der Waals surface area contributed by atoms with E-state index >= 15 is 0 Å². The molecule has 1 heterocycles. The molecule has 6 heteroatoms. The number of rotatable bonds is 6. The predicted molar refractivity (Wildman–Crippen MR) is 88.6 cm³/mol. The molecule has 5 nitrogen and oxygen atoms in total.